The Labute approximate surface area is 140 Å². The van der Waals surface area contributed by atoms with Gasteiger partial charge in [-0.15, -0.1) is 0 Å². The molecule has 122 valence electrons. The predicted molar refractivity (Wildman–Crippen MR) is 91.5 cm³/mol. The lowest BCUT2D eigenvalue weighted by Crippen LogP contribution is -2.21. The highest BCUT2D eigenvalue weighted by Gasteiger charge is 2.27. The number of hydrogen-bond acceptors (Lipinski definition) is 6. The van der Waals surface area contributed by atoms with Crippen molar-refractivity contribution < 1.29 is 8.42 Å². The van der Waals surface area contributed by atoms with E-state index in [1.165, 1.54) is 6.33 Å². The van der Waals surface area contributed by atoms with Gasteiger partial charge in [0.15, 0.2) is 9.84 Å². The molecule has 1 fully saturated rings. The number of halogens is 1. The average molecular weight is 353 g/mol. The Bertz CT molecular complexity index is 780. The van der Waals surface area contributed by atoms with E-state index in [1.807, 2.05) is 24.3 Å². The Kier molecular flexibility index (Phi) is 4.68. The third-order valence-corrected chi connectivity index (χ3v) is 5.66. The lowest BCUT2D eigenvalue weighted by molar-refractivity contribution is 0.602. The third-order valence-electron chi connectivity index (χ3n) is 3.64. The van der Waals surface area contributed by atoms with Crippen LogP contribution in [0.4, 0.5) is 11.6 Å². The van der Waals surface area contributed by atoms with E-state index in [2.05, 4.69) is 20.6 Å². The first-order chi connectivity index (χ1) is 11.0. The molecule has 2 N–H and O–H groups in total. The molecular weight excluding hydrogens is 336 g/mol. The summed E-state index contributed by atoms with van der Waals surface area (Å²) in [5.74, 6) is 1.70. The van der Waals surface area contributed by atoms with Crippen LogP contribution in [0.5, 0.6) is 0 Å². The van der Waals surface area contributed by atoms with Gasteiger partial charge >= 0.3 is 0 Å². The highest BCUT2D eigenvalue weighted by molar-refractivity contribution is 7.91. The zero-order chi connectivity index (χ0) is 16.3. The largest absolute Gasteiger partial charge is 0.366 e. The summed E-state index contributed by atoms with van der Waals surface area (Å²) in [6.45, 7) is 0.616. The fourth-order valence-corrected chi connectivity index (χ4v) is 4.25. The number of benzene rings is 1. The molecule has 0 saturated carbocycles. The first-order valence-electron chi connectivity index (χ1n) is 7.27. The molecule has 1 atom stereocenters. The lowest BCUT2D eigenvalue weighted by Gasteiger charge is -2.12. The van der Waals surface area contributed by atoms with Gasteiger partial charge in [-0.2, -0.15) is 0 Å². The van der Waals surface area contributed by atoms with Crippen molar-refractivity contribution in [2.75, 3.05) is 22.1 Å². The van der Waals surface area contributed by atoms with Crippen molar-refractivity contribution in [1.29, 1.82) is 0 Å². The van der Waals surface area contributed by atoms with Crippen molar-refractivity contribution in [2.24, 2.45) is 0 Å². The van der Waals surface area contributed by atoms with Gasteiger partial charge < -0.3 is 10.6 Å². The van der Waals surface area contributed by atoms with Crippen LogP contribution >= 0.6 is 11.6 Å². The number of anilines is 2. The van der Waals surface area contributed by atoms with E-state index in [0.29, 0.717) is 29.6 Å². The maximum Gasteiger partial charge on any atom is 0.152 e. The number of sulfone groups is 1. The van der Waals surface area contributed by atoms with Gasteiger partial charge in [-0.05, 0) is 24.1 Å². The highest BCUT2D eigenvalue weighted by atomic mass is 35.5. The van der Waals surface area contributed by atoms with E-state index in [4.69, 9.17) is 11.6 Å². The maximum absolute atomic E-state index is 11.5. The molecule has 1 aliphatic rings. The second-order valence-electron chi connectivity index (χ2n) is 5.51. The van der Waals surface area contributed by atoms with Crippen LogP contribution in [0, 0.1) is 0 Å². The number of hydrogen-bond donors (Lipinski definition) is 2. The van der Waals surface area contributed by atoms with Gasteiger partial charge in [0.25, 0.3) is 0 Å². The van der Waals surface area contributed by atoms with Gasteiger partial charge in [0.05, 0.1) is 11.5 Å². The molecule has 0 spiro atoms. The van der Waals surface area contributed by atoms with Crippen molar-refractivity contribution in [3.05, 3.63) is 47.2 Å². The van der Waals surface area contributed by atoms with E-state index in [1.54, 1.807) is 6.07 Å². The minimum atomic E-state index is -2.91. The van der Waals surface area contributed by atoms with Crippen molar-refractivity contribution in [2.45, 2.75) is 19.0 Å². The molecule has 2 heterocycles. The van der Waals surface area contributed by atoms with E-state index in [9.17, 15) is 8.42 Å². The smallest absolute Gasteiger partial charge is 0.152 e. The molecule has 1 aromatic heterocycles. The first kappa shape index (κ1) is 16.0. The van der Waals surface area contributed by atoms with Crippen LogP contribution in [0.2, 0.25) is 5.02 Å². The van der Waals surface area contributed by atoms with E-state index in [0.717, 1.165) is 5.56 Å². The minimum absolute atomic E-state index is 0.0842. The molecule has 3 rings (SSSR count). The summed E-state index contributed by atoms with van der Waals surface area (Å²) >= 11 is 5.86. The summed E-state index contributed by atoms with van der Waals surface area (Å²) < 4.78 is 23.0. The second-order valence-corrected chi connectivity index (χ2v) is 8.18. The molecule has 0 amide bonds. The van der Waals surface area contributed by atoms with Crippen LogP contribution < -0.4 is 10.6 Å². The molecular formula is C15H17ClN4O2S. The molecule has 1 aliphatic heterocycles. The molecule has 6 nitrogen and oxygen atoms in total. The van der Waals surface area contributed by atoms with Crippen molar-refractivity contribution in [1.82, 2.24) is 9.97 Å². The summed E-state index contributed by atoms with van der Waals surface area (Å²) in [6.07, 6.45) is 2.07. The fourth-order valence-electron chi connectivity index (χ4n) is 2.45. The van der Waals surface area contributed by atoms with Crippen LogP contribution in [-0.2, 0) is 16.4 Å². The number of rotatable bonds is 5. The van der Waals surface area contributed by atoms with E-state index < -0.39 is 9.84 Å². The zero-order valence-corrected chi connectivity index (χ0v) is 13.9. The van der Waals surface area contributed by atoms with Crippen LogP contribution in [0.1, 0.15) is 12.0 Å². The topological polar surface area (TPSA) is 84.0 Å². The van der Waals surface area contributed by atoms with Crippen LogP contribution in [0.25, 0.3) is 0 Å². The molecule has 1 saturated heterocycles. The molecule has 1 aromatic carbocycles. The molecule has 1 unspecified atom stereocenters. The number of nitrogens with one attached hydrogen (secondary N) is 2. The van der Waals surface area contributed by atoms with Gasteiger partial charge in [0.2, 0.25) is 0 Å². The van der Waals surface area contributed by atoms with Crippen LogP contribution in [0.15, 0.2) is 36.7 Å². The molecule has 8 heteroatoms. The summed E-state index contributed by atoms with van der Waals surface area (Å²) in [5, 5.41) is 7.07. The van der Waals surface area contributed by atoms with Crippen molar-refractivity contribution in [3.8, 4) is 0 Å². The summed E-state index contributed by atoms with van der Waals surface area (Å²) in [6, 6.07) is 9.26. The number of nitrogens with zero attached hydrogens (tertiary/aromatic N) is 2. The van der Waals surface area contributed by atoms with Gasteiger partial charge in [-0.1, -0.05) is 23.7 Å². The molecule has 0 bridgehead atoms. The Morgan fingerprint density at radius 3 is 2.61 bits per heavy atom. The maximum atomic E-state index is 11.5. The summed E-state index contributed by atoms with van der Waals surface area (Å²) in [5.41, 5.74) is 1.09. The van der Waals surface area contributed by atoms with Gasteiger partial charge in [0.1, 0.15) is 18.0 Å². The Balaban J connectivity index is 1.60. The molecule has 2 aromatic rings. The molecule has 23 heavy (non-hydrogen) atoms. The number of aromatic nitrogens is 2. The van der Waals surface area contributed by atoms with E-state index in [-0.39, 0.29) is 17.5 Å². The highest BCUT2D eigenvalue weighted by Crippen LogP contribution is 2.18. The van der Waals surface area contributed by atoms with Gasteiger partial charge in [0, 0.05) is 23.7 Å². The minimum Gasteiger partial charge on any atom is -0.366 e. The van der Waals surface area contributed by atoms with Crippen molar-refractivity contribution >= 4 is 33.1 Å². The fraction of sp³-hybridized carbons (Fsp3) is 0.333. The van der Waals surface area contributed by atoms with E-state index >= 15 is 0 Å². The Morgan fingerprint density at radius 2 is 1.91 bits per heavy atom. The standard InChI is InChI=1S/C15H17ClN4O2S/c16-12-3-1-11(2-4-12)8-17-14-7-15(19-10-18-14)20-13-5-6-23(21,22)9-13/h1-4,7,10,13H,5-6,8-9H2,(H2,17,18,19,20). The Hall–Kier alpha value is -1.86. The Morgan fingerprint density at radius 1 is 1.17 bits per heavy atom. The van der Waals surface area contributed by atoms with Crippen LogP contribution in [0.3, 0.4) is 0 Å². The monoisotopic (exact) mass is 352 g/mol. The lowest BCUT2D eigenvalue weighted by atomic mass is 10.2. The predicted octanol–water partition coefficient (Wildman–Crippen LogP) is 2.34. The van der Waals surface area contributed by atoms with Gasteiger partial charge in [-0.25, -0.2) is 18.4 Å². The second kappa shape index (κ2) is 6.72. The summed E-state index contributed by atoms with van der Waals surface area (Å²) in [7, 11) is -2.91. The average Bonchev–Trinajstić information content (AvgIpc) is 2.86. The normalized spacial score (nSPS) is 19.4. The SMILES string of the molecule is O=S1(=O)CCC(Nc2cc(NCc3ccc(Cl)cc3)ncn2)C1. The van der Waals surface area contributed by atoms with Crippen molar-refractivity contribution in [3.63, 3.8) is 0 Å². The quantitative estimate of drug-likeness (QED) is 0.859. The first-order valence-corrected chi connectivity index (χ1v) is 9.47. The summed E-state index contributed by atoms with van der Waals surface area (Å²) in [4.78, 5) is 8.31. The molecule has 0 aliphatic carbocycles. The van der Waals surface area contributed by atoms with Gasteiger partial charge in [-0.3, -0.25) is 0 Å². The molecule has 0 radical (unpaired) electrons. The zero-order valence-electron chi connectivity index (χ0n) is 12.4. The third kappa shape index (κ3) is 4.56. The van der Waals surface area contributed by atoms with Crippen LogP contribution in [-0.4, -0.2) is 35.9 Å².